The summed E-state index contributed by atoms with van der Waals surface area (Å²) in [6, 6.07) is 5.71. The van der Waals surface area contributed by atoms with Crippen LogP contribution in [-0.2, 0) is 17.9 Å². The fraction of sp³-hybridized carbons (Fsp3) is 0.455. The lowest BCUT2D eigenvalue weighted by Crippen LogP contribution is -2.00. The minimum Gasteiger partial charge on any atom is -0.396 e. The molecule has 15 heavy (non-hydrogen) atoms. The van der Waals surface area contributed by atoms with Gasteiger partial charge >= 0.3 is 0 Å². The maximum atomic E-state index is 8.57. The van der Waals surface area contributed by atoms with Crippen LogP contribution in [0.4, 0.5) is 0 Å². The number of nitrogens with two attached hydrogens (primary N) is 1. The van der Waals surface area contributed by atoms with Gasteiger partial charge in [0.1, 0.15) is 0 Å². The van der Waals surface area contributed by atoms with Gasteiger partial charge in [0.05, 0.1) is 6.61 Å². The Bertz CT molecular complexity index is 305. The quantitative estimate of drug-likeness (QED) is 0.730. The van der Waals surface area contributed by atoms with E-state index >= 15 is 0 Å². The summed E-state index contributed by atoms with van der Waals surface area (Å²) in [7, 11) is 0. The number of rotatable bonds is 6. The molecule has 0 fully saturated rings. The Hall–Kier alpha value is -0.610. The van der Waals surface area contributed by atoms with E-state index in [1.807, 2.05) is 18.2 Å². The molecule has 4 heteroatoms. The van der Waals surface area contributed by atoms with E-state index < -0.39 is 0 Å². The zero-order chi connectivity index (χ0) is 11.1. The standard InChI is InChI=1S/C11H16ClNO2/c12-11-6-9(7-13)2-3-10(11)8-15-5-1-4-14/h2-3,6,14H,1,4-5,7-8,13H2. The third kappa shape index (κ3) is 4.18. The first-order valence-electron chi connectivity index (χ1n) is 4.94. The van der Waals surface area contributed by atoms with Gasteiger partial charge in [0, 0.05) is 24.8 Å². The van der Waals surface area contributed by atoms with Crippen LogP contribution in [0.5, 0.6) is 0 Å². The Kier molecular flexibility index (Phi) is 5.65. The van der Waals surface area contributed by atoms with Gasteiger partial charge in [0.15, 0.2) is 0 Å². The molecule has 3 nitrogen and oxygen atoms in total. The van der Waals surface area contributed by atoms with Crippen LogP contribution in [0.15, 0.2) is 18.2 Å². The fourth-order valence-electron chi connectivity index (χ4n) is 1.18. The molecule has 0 aliphatic carbocycles. The summed E-state index contributed by atoms with van der Waals surface area (Å²) in [5, 5.41) is 9.25. The number of benzene rings is 1. The molecule has 84 valence electrons. The zero-order valence-corrected chi connectivity index (χ0v) is 9.33. The minimum absolute atomic E-state index is 0.153. The highest BCUT2D eigenvalue weighted by molar-refractivity contribution is 6.31. The van der Waals surface area contributed by atoms with Gasteiger partial charge in [0.2, 0.25) is 0 Å². The van der Waals surface area contributed by atoms with Crippen molar-refractivity contribution >= 4 is 11.6 Å². The van der Waals surface area contributed by atoms with E-state index in [-0.39, 0.29) is 6.61 Å². The summed E-state index contributed by atoms with van der Waals surface area (Å²) in [4.78, 5) is 0. The van der Waals surface area contributed by atoms with Gasteiger partial charge in [-0.2, -0.15) is 0 Å². The van der Waals surface area contributed by atoms with E-state index in [4.69, 9.17) is 27.2 Å². The van der Waals surface area contributed by atoms with E-state index in [1.54, 1.807) is 0 Å². The van der Waals surface area contributed by atoms with E-state index in [0.29, 0.717) is 31.2 Å². The predicted octanol–water partition coefficient (Wildman–Crippen LogP) is 1.70. The highest BCUT2D eigenvalue weighted by atomic mass is 35.5. The molecule has 0 bridgehead atoms. The topological polar surface area (TPSA) is 55.5 Å². The van der Waals surface area contributed by atoms with Crippen molar-refractivity contribution in [1.29, 1.82) is 0 Å². The summed E-state index contributed by atoms with van der Waals surface area (Å²) in [6.07, 6.45) is 0.651. The van der Waals surface area contributed by atoms with Gasteiger partial charge in [-0.25, -0.2) is 0 Å². The van der Waals surface area contributed by atoms with Crippen LogP contribution in [0, 0.1) is 0 Å². The lowest BCUT2D eigenvalue weighted by molar-refractivity contribution is 0.104. The van der Waals surface area contributed by atoms with Crippen molar-refractivity contribution in [2.75, 3.05) is 13.2 Å². The molecule has 0 saturated heterocycles. The molecule has 0 spiro atoms. The van der Waals surface area contributed by atoms with Gasteiger partial charge in [-0.05, 0) is 23.6 Å². The van der Waals surface area contributed by atoms with E-state index in [0.717, 1.165) is 11.1 Å². The first-order chi connectivity index (χ1) is 7.27. The molecule has 0 aliphatic rings. The maximum Gasteiger partial charge on any atom is 0.0731 e. The molecule has 0 heterocycles. The SMILES string of the molecule is NCc1ccc(COCCCO)c(Cl)c1. The normalized spacial score (nSPS) is 10.6. The number of aliphatic hydroxyl groups excluding tert-OH is 1. The fourth-order valence-corrected chi connectivity index (χ4v) is 1.44. The first-order valence-corrected chi connectivity index (χ1v) is 5.31. The first kappa shape index (κ1) is 12.5. The van der Waals surface area contributed by atoms with Gasteiger partial charge < -0.3 is 15.6 Å². The number of hydrogen-bond donors (Lipinski definition) is 2. The van der Waals surface area contributed by atoms with Crippen molar-refractivity contribution in [2.24, 2.45) is 5.73 Å². The van der Waals surface area contributed by atoms with E-state index in [2.05, 4.69) is 0 Å². The zero-order valence-electron chi connectivity index (χ0n) is 8.58. The Balaban J connectivity index is 2.47. The van der Waals surface area contributed by atoms with Crippen LogP contribution in [-0.4, -0.2) is 18.3 Å². The second-order valence-electron chi connectivity index (χ2n) is 3.26. The Labute approximate surface area is 94.8 Å². The monoisotopic (exact) mass is 229 g/mol. The van der Waals surface area contributed by atoms with Gasteiger partial charge in [-0.15, -0.1) is 0 Å². The number of hydrogen-bond acceptors (Lipinski definition) is 3. The molecule has 0 saturated carbocycles. The molecule has 1 aromatic rings. The molecular formula is C11H16ClNO2. The van der Waals surface area contributed by atoms with Crippen LogP contribution < -0.4 is 5.73 Å². The number of aliphatic hydroxyl groups is 1. The van der Waals surface area contributed by atoms with E-state index in [9.17, 15) is 0 Å². The second-order valence-corrected chi connectivity index (χ2v) is 3.67. The van der Waals surface area contributed by atoms with E-state index in [1.165, 1.54) is 0 Å². The van der Waals surface area contributed by atoms with Crippen LogP contribution in [0.3, 0.4) is 0 Å². The molecule has 3 N–H and O–H groups in total. The highest BCUT2D eigenvalue weighted by Gasteiger charge is 2.01. The van der Waals surface area contributed by atoms with Gasteiger partial charge in [0.25, 0.3) is 0 Å². The second kappa shape index (κ2) is 6.80. The maximum absolute atomic E-state index is 8.57. The Morgan fingerprint density at radius 1 is 1.40 bits per heavy atom. The Morgan fingerprint density at radius 3 is 2.80 bits per heavy atom. The van der Waals surface area contributed by atoms with Gasteiger partial charge in [-0.1, -0.05) is 23.7 Å². The summed E-state index contributed by atoms with van der Waals surface area (Å²) < 4.78 is 5.34. The Morgan fingerprint density at radius 2 is 2.20 bits per heavy atom. The summed E-state index contributed by atoms with van der Waals surface area (Å²) in [5.41, 5.74) is 7.45. The molecule has 0 unspecified atom stereocenters. The lowest BCUT2D eigenvalue weighted by atomic mass is 10.1. The largest absolute Gasteiger partial charge is 0.396 e. The molecule has 0 radical (unpaired) electrons. The van der Waals surface area contributed by atoms with Crippen LogP contribution in [0.2, 0.25) is 5.02 Å². The summed E-state index contributed by atoms with van der Waals surface area (Å²) >= 11 is 6.04. The van der Waals surface area contributed by atoms with Crippen molar-refractivity contribution < 1.29 is 9.84 Å². The third-order valence-electron chi connectivity index (χ3n) is 2.06. The van der Waals surface area contributed by atoms with Crippen molar-refractivity contribution in [1.82, 2.24) is 0 Å². The van der Waals surface area contributed by atoms with Crippen molar-refractivity contribution in [3.63, 3.8) is 0 Å². The summed E-state index contributed by atoms with van der Waals surface area (Å²) in [6.45, 7) is 1.67. The molecule has 1 rings (SSSR count). The molecule has 0 atom stereocenters. The average Bonchev–Trinajstić information content (AvgIpc) is 2.26. The highest BCUT2D eigenvalue weighted by Crippen LogP contribution is 2.18. The number of ether oxygens (including phenoxy) is 1. The third-order valence-corrected chi connectivity index (χ3v) is 2.41. The molecule has 0 aromatic heterocycles. The van der Waals surface area contributed by atoms with Gasteiger partial charge in [-0.3, -0.25) is 0 Å². The smallest absolute Gasteiger partial charge is 0.0731 e. The molecule has 1 aromatic carbocycles. The molecule has 0 amide bonds. The molecule has 0 aliphatic heterocycles. The van der Waals surface area contributed by atoms with Crippen LogP contribution in [0.25, 0.3) is 0 Å². The predicted molar refractivity (Wildman–Crippen MR) is 60.7 cm³/mol. The minimum atomic E-state index is 0.153. The summed E-state index contributed by atoms with van der Waals surface area (Å²) in [5.74, 6) is 0. The van der Waals surface area contributed by atoms with Crippen LogP contribution in [0.1, 0.15) is 17.5 Å². The van der Waals surface area contributed by atoms with Crippen molar-refractivity contribution in [3.05, 3.63) is 34.3 Å². The van der Waals surface area contributed by atoms with Crippen LogP contribution >= 0.6 is 11.6 Å². The molecular weight excluding hydrogens is 214 g/mol. The van der Waals surface area contributed by atoms with Crippen molar-refractivity contribution in [2.45, 2.75) is 19.6 Å². The average molecular weight is 230 g/mol. The van der Waals surface area contributed by atoms with Crippen molar-refractivity contribution in [3.8, 4) is 0 Å². The lowest BCUT2D eigenvalue weighted by Gasteiger charge is -2.06. The number of halogens is 1.